The highest BCUT2D eigenvalue weighted by Gasteiger charge is 2.50. The van der Waals surface area contributed by atoms with Gasteiger partial charge in [0, 0.05) is 18.0 Å². The van der Waals surface area contributed by atoms with Gasteiger partial charge in [-0.05, 0) is 49.1 Å². The Morgan fingerprint density at radius 2 is 1.81 bits per heavy atom. The third-order valence-electron chi connectivity index (χ3n) is 6.31. The molecule has 1 saturated carbocycles. The summed E-state index contributed by atoms with van der Waals surface area (Å²) in [5.74, 6) is 0.916. The van der Waals surface area contributed by atoms with Crippen LogP contribution in [0, 0.1) is 5.92 Å². The van der Waals surface area contributed by atoms with Crippen LogP contribution in [0.5, 0.6) is 5.75 Å². The summed E-state index contributed by atoms with van der Waals surface area (Å²) in [6, 6.07) is 17.3. The number of fused-ring (bicyclic) bond motifs is 1. The van der Waals surface area contributed by atoms with E-state index >= 15 is 0 Å². The number of likely N-dealkylation sites (tertiary alicyclic amines) is 1. The van der Waals surface area contributed by atoms with Crippen molar-refractivity contribution in [3.8, 4) is 5.75 Å². The van der Waals surface area contributed by atoms with Gasteiger partial charge in [0.2, 0.25) is 0 Å². The summed E-state index contributed by atoms with van der Waals surface area (Å²) in [6.45, 7) is 0.581. The summed E-state index contributed by atoms with van der Waals surface area (Å²) in [5, 5.41) is 11.3. The van der Waals surface area contributed by atoms with Crippen LogP contribution in [0.15, 0.2) is 54.6 Å². The van der Waals surface area contributed by atoms with Crippen LogP contribution in [-0.2, 0) is 0 Å². The zero-order valence-corrected chi connectivity index (χ0v) is 15.8. The third-order valence-corrected chi connectivity index (χ3v) is 6.31. The average Bonchev–Trinajstić information content (AvgIpc) is 2.73. The molecule has 142 valence electrons. The standard InChI is InChI=1S/C23H27NO3/c1-27-19-12-10-17(11-13-19)21-20-9-5-6-14-23(20,26)15-16-24(21)22(25)18-7-3-2-4-8-18/h2-4,7-8,10-13,20-21,26H,5-6,9,14-16H2,1H3/t20-,21-,23+/m1/s1. The maximum atomic E-state index is 13.3. The van der Waals surface area contributed by atoms with Crippen molar-refractivity contribution >= 4 is 5.91 Å². The van der Waals surface area contributed by atoms with Crippen LogP contribution in [0.25, 0.3) is 0 Å². The first kappa shape index (κ1) is 18.1. The van der Waals surface area contributed by atoms with Gasteiger partial charge in [-0.3, -0.25) is 4.79 Å². The number of amides is 1. The smallest absolute Gasteiger partial charge is 0.254 e. The van der Waals surface area contributed by atoms with E-state index in [-0.39, 0.29) is 17.9 Å². The van der Waals surface area contributed by atoms with Gasteiger partial charge in [-0.15, -0.1) is 0 Å². The number of rotatable bonds is 3. The number of aliphatic hydroxyl groups is 1. The fourth-order valence-corrected chi connectivity index (χ4v) is 4.87. The van der Waals surface area contributed by atoms with E-state index in [0.717, 1.165) is 37.0 Å². The van der Waals surface area contributed by atoms with Crippen LogP contribution in [-0.4, -0.2) is 35.2 Å². The molecule has 0 spiro atoms. The first-order valence-corrected chi connectivity index (χ1v) is 9.85. The molecule has 2 aliphatic rings. The molecule has 0 aromatic heterocycles. The number of hydrogen-bond acceptors (Lipinski definition) is 3. The van der Waals surface area contributed by atoms with Gasteiger partial charge in [0.15, 0.2) is 0 Å². The zero-order valence-electron chi connectivity index (χ0n) is 15.8. The van der Waals surface area contributed by atoms with Gasteiger partial charge in [0.05, 0.1) is 18.8 Å². The molecule has 0 unspecified atom stereocenters. The van der Waals surface area contributed by atoms with Crippen LogP contribution < -0.4 is 4.74 Å². The Morgan fingerprint density at radius 3 is 2.52 bits per heavy atom. The highest BCUT2D eigenvalue weighted by molar-refractivity contribution is 5.94. The summed E-state index contributed by atoms with van der Waals surface area (Å²) in [7, 11) is 1.65. The fraction of sp³-hybridized carbons (Fsp3) is 0.435. The van der Waals surface area contributed by atoms with E-state index in [1.165, 1.54) is 0 Å². The minimum Gasteiger partial charge on any atom is -0.497 e. The number of nitrogens with zero attached hydrogens (tertiary/aromatic N) is 1. The number of ether oxygens (including phenoxy) is 1. The van der Waals surface area contributed by atoms with Gasteiger partial charge in [0.25, 0.3) is 5.91 Å². The lowest BCUT2D eigenvalue weighted by atomic mass is 9.66. The normalized spacial score (nSPS) is 27.7. The van der Waals surface area contributed by atoms with Gasteiger partial charge >= 0.3 is 0 Å². The minimum absolute atomic E-state index is 0.0454. The number of carbonyl (C=O) groups is 1. The summed E-state index contributed by atoms with van der Waals surface area (Å²) in [6.07, 6.45) is 4.61. The van der Waals surface area contributed by atoms with E-state index in [9.17, 15) is 9.90 Å². The first-order valence-electron chi connectivity index (χ1n) is 9.85. The molecule has 1 saturated heterocycles. The second-order valence-corrected chi connectivity index (χ2v) is 7.79. The van der Waals surface area contributed by atoms with Crippen LogP contribution in [0.1, 0.15) is 54.1 Å². The number of benzene rings is 2. The molecule has 2 aromatic rings. The Hall–Kier alpha value is -2.33. The quantitative estimate of drug-likeness (QED) is 0.887. The molecule has 1 N–H and O–H groups in total. The van der Waals surface area contributed by atoms with Crippen molar-refractivity contribution in [1.82, 2.24) is 4.90 Å². The highest BCUT2D eigenvalue weighted by Crippen LogP contribution is 2.49. The molecule has 1 amide bonds. The van der Waals surface area contributed by atoms with Crippen LogP contribution in [0.3, 0.4) is 0 Å². The Kier molecular flexibility index (Phi) is 4.92. The molecule has 0 radical (unpaired) electrons. The molecular formula is C23H27NO3. The largest absolute Gasteiger partial charge is 0.497 e. The molecule has 27 heavy (non-hydrogen) atoms. The van der Waals surface area contributed by atoms with Gasteiger partial charge in [-0.2, -0.15) is 0 Å². The topological polar surface area (TPSA) is 49.8 Å². The molecule has 3 atom stereocenters. The number of hydrogen-bond donors (Lipinski definition) is 1. The maximum Gasteiger partial charge on any atom is 0.254 e. The summed E-state index contributed by atoms with van der Waals surface area (Å²) >= 11 is 0. The summed E-state index contributed by atoms with van der Waals surface area (Å²) < 4.78 is 5.30. The third kappa shape index (κ3) is 3.34. The van der Waals surface area contributed by atoms with E-state index in [2.05, 4.69) is 0 Å². The molecule has 1 aliphatic heterocycles. The lowest BCUT2D eigenvalue weighted by Crippen LogP contribution is -2.56. The van der Waals surface area contributed by atoms with Crippen molar-refractivity contribution in [2.24, 2.45) is 5.92 Å². The van der Waals surface area contributed by atoms with Crippen molar-refractivity contribution in [3.63, 3.8) is 0 Å². The Labute approximate surface area is 160 Å². The second kappa shape index (κ2) is 7.35. The van der Waals surface area contributed by atoms with E-state index in [4.69, 9.17) is 4.74 Å². The Balaban J connectivity index is 1.73. The van der Waals surface area contributed by atoms with Gasteiger partial charge in [0.1, 0.15) is 5.75 Å². The first-order chi connectivity index (χ1) is 13.1. The number of piperidine rings is 1. The predicted octanol–water partition coefficient (Wildman–Crippen LogP) is 4.20. The lowest BCUT2D eigenvalue weighted by molar-refractivity contribution is -0.115. The predicted molar refractivity (Wildman–Crippen MR) is 105 cm³/mol. The van der Waals surface area contributed by atoms with E-state index in [1.807, 2.05) is 59.5 Å². The monoisotopic (exact) mass is 365 g/mol. The van der Waals surface area contributed by atoms with E-state index < -0.39 is 5.60 Å². The molecule has 2 fully saturated rings. The summed E-state index contributed by atoms with van der Waals surface area (Å²) in [4.78, 5) is 15.3. The van der Waals surface area contributed by atoms with E-state index in [1.54, 1.807) is 7.11 Å². The van der Waals surface area contributed by atoms with Gasteiger partial charge in [-0.1, -0.05) is 43.2 Å². The number of carbonyl (C=O) groups excluding carboxylic acids is 1. The molecule has 0 bridgehead atoms. The fourth-order valence-electron chi connectivity index (χ4n) is 4.87. The average molecular weight is 365 g/mol. The molecule has 4 heteroatoms. The van der Waals surface area contributed by atoms with E-state index in [0.29, 0.717) is 18.5 Å². The van der Waals surface area contributed by atoms with Crippen molar-refractivity contribution < 1.29 is 14.6 Å². The highest BCUT2D eigenvalue weighted by atomic mass is 16.5. The van der Waals surface area contributed by atoms with Gasteiger partial charge < -0.3 is 14.7 Å². The van der Waals surface area contributed by atoms with Crippen LogP contribution in [0.2, 0.25) is 0 Å². The van der Waals surface area contributed by atoms with Crippen molar-refractivity contribution in [2.75, 3.05) is 13.7 Å². The molecule has 1 heterocycles. The maximum absolute atomic E-state index is 13.3. The van der Waals surface area contributed by atoms with Crippen LogP contribution in [0.4, 0.5) is 0 Å². The Bertz CT molecular complexity index is 789. The molecular weight excluding hydrogens is 338 g/mol. The summed E-state index contributed by atoms with van der Waals surface area (Å²) in [5.41, 5.74) is 1.11. The van der Waals surface area contributed by atoms with Crippen LogP contribution >= 0.6 is 0 Å². The van der Waals surface area contributed by atoms with Crippen molar-refractivity contribution in [3.05, 3.63) is 65.7 Å². The van der Waals surface area contributed by atoms with Crippen molar-refractivity contribution in [2.45, 2.75) is 43.7 Å². The minimum atomic E-state index is -0.670. The molecule has 2 aromatic carbocycles. The van der Waals surface area contributed by atoms with Crippen molar-refractivity contribution in [1.29, 1.82) is 0 Å². The molecule has 4 rings (SSSR count). The van der Waals surface area contributed by atoms with Gasteiger partial charge in [-0.25, -0.2) is 0 Å². The number of methoxy groups -OCH3 is 1. The zero-order chi connectivity index (χ0) is 18.9. The SMILES string of the molecule is COc1ccc([C@@H]2[C@H]3CCCC[C@]3(O)CCN2C(=O)c2ccccc2)cc1. The second-order valence-electron chi connectivity index (χ2n) is 7.79. The molecule has 4 nitrogen and oxygen atoms in total. The molecule has 1 aliphatic carbocycles. The Morgan fingerprint density at radius 1 is 1.07 bits per heavy atom. The lowest BCUT2D eigenvalue weighted by Gasteiger charge is -2.52.